The lowest BCUT2D eigenvalue weighted by Crippen LogP contribution is -2.13. The molecule has 1 aromatic rings. The second-order valence-corrected chi connectivity index (χ2v) is 6.21. The van der Waals surface area contributed by atoms with Crippen molar-refractivity contribution in [1.82, 2.24) is 0 Å². The number of benzene rings is 1. The van der Waals surface area contributed by atoms with Gasteiger partial charge >= 0.3 is 0 Å². The van der Waals surface area contributed by atoms with E-state index in [1.807, 2.05) is 6.92 Å². The number of ether oxygens (including phenoxy) is 3. The van der Waals surface area contributed by atoms with Crippen LogP contribution in [0.2, 0.25) is 0 Å². The van der Waals surface area contributed by atoms with Gasteiger partial charge in [0.2, 0.25) is 0 Å². The van der Waals surface area contributed by atoms with Crippen LogP contribution in [0, 0.1) is 6.92 Å². The summed E-state index contributed by atoms with van der Waals surface area (Å²) in [4.78, 5) is 0. The molecule has 0 saturated carbocycles. The fourth-order valence-corrected chi connectivity index (χ4v) is 1.85. The van der Waals surface area contributed by atoms with Crippen molar-refractivity contribution >= 4 is 9.84 Å². The molecular formula is C12H18O5S. The van der Waals surface area contributed by atoms with Gasteiger partial charge in [0.1, 0.15) is 12.4 Å². The van der Waals surface area contributed by atoms with Crippen LogP contribution in [0.5, 0.6) is 17.2 Å². The van der Waals surface area contributed by atoms with E-state index >= 15 is 0 Å². The molecule has 0 atom stereocenters. The number of rotatable bonds is 6. The molecule has 1 aromatic carbocycles. The van der Waals surface area contributed by atoms with Crippen molar-refractivity contribution < 1.29 is 22.6 Å². The predicted molar refractivity (Wildman–Crippen MR) is 69.5 cm³/mol. The van der Waals surface area contributed by atoms with Gasteiger partial charge in [0.25, 0.3) is 0 Å². The molecule has 0 aromatic heterocycles. The second-order valence-electron chi connectivity index (χ2n) is 3.95. The third-order valence-electron chi connectivity index (χ3n) is 2.37. The molecule has 0 aliphatic heterocycles. The SMILES string of the molecule is COc1cc(C)c(OCCS(C)(=O)=O)c(OC)c1. The van der Waals surface area contributed by atoms with Gasteiger partial charge in [0, 0.05) is 12.3 Å². The molecule has 0 aliphatic carbocycles. The third-order valence-corrected chi connectivity index (χ3v) is 3.28. The van der Waals surface area contributed by atoms with Crippen LogP contribution in [0.25, 0.3) is 0 Å². The maximum absolute atomic E-state index is 11.0. The van der Waals surface area contributed by atoms with E-state index in [1.165, 1.54) is 13.4 Å². The lowest BCUT2D eigenvalue weighted by atomic mass is 10.2. The molecule has 0 unspecified atom stereocenters. The van der Waals surface area contributed by atoms with Crippen LogP contribution >= 0.6 is 0 Å². The van der Waals surface area contributed by atoms with Gasteiger partial charge in [-0.25, -0.2) is 8.42 Å². The fraction of sp³-hybridized carbons (Fsp3) is 0.500. The van der Waals surface area contributed by atoms with Crippen LogP contribution in [0.1, 0.15) is 5.56 Å². The molecule has 1 rings (SSSR count). The zero-order valence-electron chi connectivity index (χ0n) is 11.0. The zero-order valence-corrected chi connectivity index (χ0v) is 11.8. The number of sulfone groups is 1. The summed E-state index contributed by atoms with van der Waals surface area (Å²) >= 11 is 0. The first-order chi connectivity index (χ1) is 8.37. The van der Waals surface area contributed by atoms with Gasteiger partial charge < -0.3 is 14.2 Å². The molecule has 0 aliphatic rings. The van der Waals surface area contributed by atoms with Crippen LogP contribution in [-0.2, 0) is 9.84 Å². The van der Waals surface area contributed by atoms with Crippen LogP contribution in [0.4, 0.5) is 0 Å². The average Bonchev–Trinajstić information content (AvgIpc) is 2.29. The summed E-state index contributed by atoms with van der Waals surface area (Å²) in [5.74, 6) is 1.71. The Labute approximate surface area is 108 Å². The molecule has 0 radical (unpaired) electrons. The number of aryl methyl sites for hydroxylation is 1. The predicted octanol–water partition coefficient (Wildman–Crippen LogP) is 1.44. The molecule has 0 heterocycles. The van der Waals surface area contributed by atoms with Gasteiger partial charge in [-0.2, -0.15) is 0 Å². The van der Waals surface area contributed by atoms with Gasteiger partial charge in [-0.1, -0.05) is 0 Å². The third kappa shape index (κ3) is 4.10. The van der Waals surface area contributed by atoms with E-state index in [0.29, 0.717) is 17.2 Å². The van der Waals surface area contributed by atoms with Gasteiger partial charge in [0.05, 0.1) is 20.0 Å². The molecule has 102 valence electrons. The van der Waals surface area contributed by atoms with Gasteiger partial charge in [-0.15, -0.1) is 0 Å². The minimum absolute atomic E-state index is 0.0262. The largest absolute Gasteiger partial charge is 0.497 e. The minimum atomic E-state index is -3.03. The lowest BCUT2D eigenvalue weighted by molar-refractivity contribution is 0.307. The molecule has 0 spiro atoms. The smallest absolute Gasteiger partial charge is 0.164 e. The normalized spacial score (nSPS) is 11.1. The molecule has 0 N–H and O–H groups in total. The molecule has 6 heteroatoms. The first-order valence-electron chi connectivity index (χ1n) is 5.40. The van der Waals surface area contributed by atoms with Gasteiger partial charge in [-0.05, 0) is 18.6 Å². The Morgan fingerprint density at radius 1 is 1.17 bits per heavy atom. The molecule has 0 amide bonds. The zero-order chi connectivity index (χ0) is 13.8. The molecule has 0 fully saturated rings. The van der Waals surface area contributed by atoms with E-state index in [2.05, 4.69) is 0 Å². The maximum Gasteiger partial charge on any atom is 0.164 e. The van der Waals surface area contributed by atoms with E-state index in [0.717, 1.165) is 5.56 Å². The summed E-state index contributed by atoms with van der Waals surface area (Å²) in [5.41, 5.74) is 0.833. The van der Waals surface area contributed by atoms with Crippen LogP contribution < -0.4 is 14.2 Å². The van der Waals surface area contributed by atoms with E-state index in [1.54, 1.807) is 19.2 Å². The Kier molecular flexibility index (Phi) is 4.84. The summed E-state index contributed by atoms with van der Waals surface area (Å²) in [6, 6.07) is 3.50. The Morgan fingerprint density at radius 2 is 1.83 bits per heavy atom. The number of hydrogen-bond donors (Lipinski definition) is 0. The fourth-order valence-electron chi connectivity index (χ4n) is 1.46. The number of hydrogen-bond acceptors (Lipinski definition) is 5. The highest BCUT2D eigenvalue weighted by Gasteiger charge is 2.12. The first-order valence-corrected chi connectivity index (χ1v) is 7.46. The highest BCUT2D eigenvalue weighted by atomic mass is 32.2. The average molecular weight is 274 g/mol. The van der Waals surface area contributed by atoms with Crippen molar-refractivity contribution in [3.05, 3.63) is 17.7 Å². The van der Waals surface area contributed by atoms with Crippen LogP contribution in [-0.4, -0.2) is 41.3 Å². The Bertz CT molecular complexity index is 507. The van der Waals surface area contributed by atoms with Gasteiger partial charge in [0.15, 0.2) is 21.3 Å². The van der Waals surface area contributed by atoms with E-state index < -0.39 is 9.84 Å². The van der Waals surface area contributed by atoms with Crippen molar-refractivity contribution in [2.24, 2.45) is 0 Å². The van der Waals surface area contributed by atoms with Crippen molar-refractivity contribution in [1.29, 1.82) is 0 Å². The summed E-state index contributed by atoms with van der Waals surface area (Å²) < 4.78 is 37.9. The topological polar surface area (TPSA) is 61.8 Å². The van der Waals surface area contributed by atoms with Crippen molar-refractivity contribution in [3.63, 3.8) is 0 Å². The summed E-state index contributed by atoms with van der Waals surface area (Å²) in [7, 11) is 0.0633. The quantitative estimate of drug-likeness (QED) is 0.785. The van der Waals surface area contributed by atoms with Crippen molar-refractivity contribution in [2.75, 3.05) is 32.8 Å². The Morgan fingerprint density at radius 3 is 2.33 bits per heavy atom. The van der Waals surface area contributed by atoms with Crippen molar-refractivity contribution in [2.45, 2.75) is 6.92 Å². The highest BCUT2D eigenvalue weighted by Crippen LogP contribution is 2.35. The Hall–Kier alpha value is -1.43. The van der Waals surface area contributed by atoms with Gasteiger partial charge in [-0.3, -0.25) is 0 Å². The van der Waals surface area contributed by atoms with E-state index in [9.17, 15) is 8.42 Å². The molecule has 5 nitrogen and oxygen atoms in total. The highest BCUT2D eigenvalue weighted by molar-refractivity contribution is 7.90. The Balaban J connectivity index is 2.87. The molecule has 0 saturated heterocycles. The monoisotopic (exact) mass is 274 g/mol. The first kappa shape index (κ1) is 14.6. The lowest BCUT2D eigenvalue weighted by Gasteiger charge is -2.14. The van der Waals surface area contributed by atoms with Crippen LogP contribution in [0.15, 0.2) is 12.1 Å². The second kappa shape index (κ2) is 5.95. The molecule has 0 bridgehead atoms. The standard InChI is InChI=1S/C12H18O5S/c1-9-7-10(15-2)8-11(16-3)12(9)17-5-6-18(4,13)14/h7-8H,5-6H2,1-4H3. The summed E-state index contributed by atoms with van der Waals surface area (Å²) in [6.07, 6.45) is 1.18. The minimum Gasteiger partial charge on any atom is -0.497 e. The number of methoxy groups -OCH3 is 2. The summed E-state index contributed by atoms with van der Waals surface area (Å²) in [6.45, 7) is 1.95. The van der Waals surface area contributed by atoms with Crippen LogP contribution in [0.3, 0.4) is 0 Å². The summed E-state index contributed by atoms with van der Waals surface area (Å²) in [5, 5.41) is 0. The maximum atomic E-state index is 11.0. The van der Waals surface area contributed by atoms with E-state index in [4.69, 9.17) is 14.2 Å². The molecular weight excluding hydrogens is 256 g/mol. The van der Waals surface area contributed by atoms with E-state index in [-0.39, 0.29) is 12.4 Å². The van der Waals surface area contributed by atoms with Crippen molar-refractivity contribution in [3.8, 4) is 17.2 Å². The molecule has 18 heavy (non-hydrogen) atoms.